The Bertz CT molecular complexity index is 842. The number of hydrogen-bond donors (Lipinski definition) is 1. The molecule has 1 unspecified atom stereocenters. The smallest absolute Gasteiger partial charge is 0.119 e. The molecule has 0 bridgehead atoms. The zero-order valence-corrected chi connectivity index (χ0v) is 11.7. The largest absolute Gasteiger partial charge is 0.497 e. The molecule has 1 N–H and O–H groups in total. The minimum Gasteiger partial charge on any atom is -0.497 e. The Kier molecular flexibility index (Phi) is 2.69. The van der Waals surface area contributed by atoms with Gasteiger partial charge in [0, 0.05) is 22.9 Å². The van der Waals surface area contributed by atoms with Crippen molar-refractivity contribution >= 4 is 10.9 Å². The van der Waals surface area contributed by atoms with Crippen molar-refractivity contribution in [2.75, 3.05) is 7.11 Å². The summed E-state index contributed by atoms with van der Waals surface area (Å²) in [4.78, 5) is 4.77. The third kappa shape index (κ3) is 1.89. The Balaban J connectivity index is 2.03. The van der Waals surface area contributed by atoms with E-state index in [1.165, 1.54) is 0 Å². The summed E-state index contributed by atoms with van der Waals surface area (Å²) in [6, 6.07) is 16.0. The third-order valence-corrected chi connectivity index (χ3v) is 4.10. The van der Waals surface area contributed by atoms with Crippen molar-refractivity contribution in [2.24, 2.45) is 0 Å². The lowest BCUT2D eigenvalue weighted by Gasteiger charge is -2.24. The van der Waals surface area contributed by atoms with Crippen molar-refractivity contribution in [2.45, 2.75) is 12.5 Å². The standard InChI is InChI=1S/C18H15NO2/c1-21-13-7-6-11-9-17(20)15-8-12-4-2-3-5-16(12)19-18(15)14(11)10-13/h2-8,10,17,20H,9H2,1H3. The second-order valence-electron chi connectivity index (χ2n) is 5.36. The first kappa shape index (κ1) is 12.4. The highest BCUT2D eigenvalue weighted by atomic mass is 16.5. The van der Waals surface area contributed by atoms with Crippen LogP contribution in [0.5, 0.6) is 5.75 Å². The van der Waals surface area contributed by atoms with Crippen molar-refractivity contribution in [3.05, 3.63) is 59.7 Å². The van der Waals surface area contributed by atoms with Gasteiger partial charge < -0.3 is 9.84 Å². The predicted octanol–water partition coefficient (Wildman–Crippen LogP) is 3.50. The van der Waals surface area contributed by atoms with Gasteiger partial charge >= 0.3 is 0 Å². The van der Waals surface area contributed by atoms with Crippen LogP contribution < -0.4 is 4.74 Å². The van der Waals surface area contributed by atoms with E-state index in [-0.39, 0.29) is 0 Å². The average molecular weight is 277 g/mol. The van der Waals surface area contributed by atoms with E-state index in [1.807, 2.05) is 48.5 Å². The molecule has 104 valence electrons. The summed E-state index contributed by atoms with van der Waals surface area (Å²) >= 11 is 0. The van der Waals surface area contributed by atoms with Gasteiger partial charge in [0.25, 0.3) is 0 Å². The van der Waals surface area contributed by atoms with Crippen LogP contribution in [0.25, 0.3) is 22.2 Å². The second kappa shape index (κ2) is 4.57. The van der Waals surface area contributed by atoms with Crippen LogP contribution in [0.4, 0.5) is 0 Å². The number of aliphatic hydroxyl groups is 1. The number of aliphatic hydroxyl groups excluding tert-OH is 1. The van der Waals surface area contributed by atoms with Crippen LogP contribution in [-0.2, 0) is 6.42 Å². The number of nitrogens with zero attached hydrogens (tertiary/aromatic N) is 1. The van der Waals surface area contributed by atoms with Crippen LogP contribution in [0.3, 0.4) is 0 Å². The molecule has 1 heterocycles. The van der Waals surface area contributed by atoms with E-state index in [9.17, 15) is 5.11 Å². The molecule has 3 nitrogen and oxygen atoms in total. The van der Waals surface area contributed by atoms with Gasteiger partial charge in [0.1, 0.15) is 5.75 Å². The van der Waals surface area contributed by atoms with Crippen LogP contribution in [0.2, 0.25) is 0 Å². The van der Waals surface area contributed by atoms with Crippen LogP contribution in [0, 0.1) is 0 Å². The van der Waals surface area contributed by atoms with Gasteiger partial charge in [-0.3, -0.25) is 0 Å². The summed E-state index contributed by atoms with van der Waals surface area (Å²) in [5.74, 6) is 0.811. The molecule has 0 amide bonds. The summed E-state index contributed by atoms with van der Waals surface area (Å²) < 4.78 is 5.32. The quantitative estimate of drug-likeness (QED) is 0.740. The van der Waals surface area contributed by atoms with Crippen molar-refractivity contribution in [1.29, 1.82) is 0 Å². The van der Waals surface area contributed by atoms with Gasteiger partial charge in [0.05, 0.1) is 24.4 Å². The maximum atomic E-state index is 10.4. The summed E-state index contributed by atoms with van der Waals surface area (Å²) in [5, 5.41) is 11.5. The Labute approximate surface area is 122 Å². The normalized spacial score (nSPS) is 16.4. The maximum Gasteiger partial charge on any atom is 0.119 e. The number of para-hydroxylation sites is 1. The predicted molar refractivity (Wildman–Crippen MR) is 82.4 cm³/mol. The van der Waals surface area contributed by atoms with E-state index in [2.05, 4.69) is 0 Å². The lowest BCUT2D eigenvalue weighted by atomic mass is 9.86. The van der Waals surface area contributed by atoms with E-state index in [0.29, 0.717) is 6.42 Å². The number of benzene rings is 2. The van der Waals surface area contributed by atoms with Gasteiger partial charge in [0.2, 0.25) is 0 Å². The molecule has 3 heteroatoms. The van der Waals surface area contributed by atoms with Gasteiger partial charge in [-0.05, 0) is 29.8 Å². The third-order valence-electron chi connectivity index (χ3n) is 4.10. The minimum atomic E-state index is -0.502. The molecule has 3 aromatic rings. The van der Waals surface area contributed by atoms with Gasteiger partial charge in [0.15, 0.2) is 0 Å². The molecule has 1 aromatic heterocycles. The highest BCUT2D eigenvalue weighted by Gasteiger charge is 2.25. The zero-order valence-electron chi connectivity index (χ0n) is 11.7. The first-order valence-corrected chi connectivity index (χ1v) is 7.01. The van der Waals surface area contributed by atoms with Crippen molar-refractivity contribution < 1.29 is 9.84 Å². The van der Waals surface area contributed by atoms with Gasteiger partial charge in [-0.2, -0.15) is 0 Å². The molecule has 0 aliphatic heterocycles. The highest BCUT2D eigenvalue weighted by molar-refractivity contribution is 5.85. The maximum absolute atomic E-state index is 10.4. The van der Waals surface area contributed by atoms with Crippen LogP contribution in [-0.4, -0.2) is 17.2 Å². The molecule has 1 atom stereocenters. The number of ether oxygens (including phenoxy) is 1. The first-order valence-electron chi connectivity index (χ1n) is 7.01. The molecule has 0 saturated heterocycles. The van der Waals surface area contributed by atoms with Crippen molar-refractivity contribution in [1.82, 2.24) is 4.98 Å². The van der Waals surface area contributed by atoms with E-state index in [0.717, 1.165) is 39.0 Å². The van der Waals surface area contributed by atoms with Crippen molar-refractivity contribution in [3.8, 4) is 17.0 Å². The SMILES string of the molecule is COc1ccc2c(c1)-c1nc3ccccc3cc1C(O)C2. The number of pyridine rings is 1. The zero-order chi connectivity index (χ0) is 14.4. The minimum absolute atomic E-state index is 0.502. The molecular formula is C18H15NO2. The van der Waals surface area contributed by atoms with Gasteiger partial charge in [-0.25, -0.2) is 4.98 Å². The molecule has 4 rings (SSSR count). The molecule has 21 heavy (non-hydrogen) atoms. The lowest BCUT2D eigenvalue weighted by Crippen LogP contribution is -2.12. The monoisotopic (exact) mass is 277 g/mol. The van der Waals surface area contributed by atoms with Crippen LogP contribution in [0.1, 0.15) is 17.2 Å². The summed E-state index contributed by atoms with van der Waals surface area (Å²) in [7, 11) is 1.66. The number of hydrogen-bond acceptors (Lipinski definition) is 3. The van der Waals surface area contributed by atoms with E-state index >= 15 is 0 Å². The second-order valence-corrected chi connectivity index (χ2v) is 5.36. The topological polar surface area (TPSA) is 42.4 Å². The number of fused-ring (bicyclic) bond motifs is 4. The number of rotatable bonds is 1. The molecule has 0 spiro atoms. The van der Waals surface area contributed by atoms with Crippen LogP contribution >= 0.6 is 0 Å². The average Bonchev–Trinajstić information content (AvgIpc) is 2.53. The molecule has 1 aliphatic rings. The molecular weight excluding hydrogens is 262 g/mol. The fourth-order valence-corrected chi connectivity index (χ4v) is 3.00. The van der Waals surface area contributed by atoms with E-state index in [4.69, 9.17) is 9.72 Å². The fraction of sp³-hybridized carbons (Fsp3) is 0.167. The Morgan fingerprint density at radius 3 is 2.86 bits per heavy atom. The highest BCUT2D eigenvalue weighted by Crippen LogP contribution is 2.40. The van der Waals surface area contributed by atoms with Gasteiger partial charge in [-0.1, -0.05) is 24.3 Å². The summed E-state index contributed by atoms with van der Waals surface area (Å²) in [5.41, 5.74) is 4.87. The molecule has 2 aromatic carbocycles. The van der Waals surface area contributed by atoms with Gasteiger partial charge in [-0.15, -0.1) is 0 Å². The van der Waals surface area contributed by atoms with E-state index < -0.39 is 6.10 Å². The Morgan fingerprint density at radius 1 is 1.14 bits per heavy atom. The fourth-order valence-electron chi connectivity index (χ4n) is 3.00. The van der Waals surface area contributed by atoms with E-state index in [1.54, 1.807) is 7.11 Å². The molecule has 0 saturated carbocycles. The summed E-state index contributed by atoms with van der Waals surface area (Å²) in [6.07, 6.45) is 0.116. The first-order chi connectivity index (χ1) is 10.3. The molecule has 1 aliphatic carbocycles. The van der Waals surface area contributed by atoms with Crippen LogP contribution in [0.15, 0.2) is 48.5 Å². The molecule has 0 fully saturated rings. The molecule has 0 radical (unpaired) electrons. The lowest BCUT2D eigenvalue weighted by molar-refractivity contribution is 0.177. The Morgan fingerprint density at radius 2 is 2.00 bits per heavy atom. The van der Waals surface area contributed by atoms with Crippen molar-refractivity contribution in [3.63, 3.8) is 0 Å². The number of methoxy groups -OCH3 is 1. The summed E-state index contributed by atoms with van der Waals surface area (Å²) in [6.45, 7) is 0. The number of aromatic nitrogens is 1. The Hall–Kier alpha value is -2.39.